The first-order valence-corrected chi connectivity index (χ1v) is 9.98. The highest BCUT2D eigenvalue weighted by Gasteiger charge is 2.28. The number of benzene rings is 1. The van der Waals surface area contributed by atoms with E-state index in [1.807, 2.05) is 12.1 Å². The molecule has 148 valence electrons. The Labute approximate surface area is 168 Å². The number of rotatable bonds is 3. The van der Waals surface area contributed by atoms with Crippen molar-refractivity contribution < 1.29 is 19.1 Å². The molecule has 1 aliphatic carbocycles. The van der Waals surface area contributed by atoms with E-state index in [2.05, 4.69) is 36.1 Å². The number of fused-ring (bicyclic) bond motifs is 1. The summed E-state index contributed by atoms with van der Waals surface area (Å²) in [5.74, 6) is -0.836. The van der Waals surface area contributed by atoms with Gasteiger partial charge >= 0.3 is 6.09 Å². The van der Waals surface area contributed by atoms with Crippen LogP contribution in [0.15, 0.2) is 24.3 Å². The summed E-state index contributed by atoms with van der Waals surface area (Å²) in [6, 6.07) is 7.44. The van der Waals surface area contributed by atoms with Crippen molar-refractivity contribution in [2.75, 3.05) is 12.4 Å². The maximum Gasteiger partial charge on any atom is 0.413 e. The van der Waals surface area contributed by atoms with E-state index in [0.717, 1.165) is 35.3 Å². The Morgan fingerprint density at radius 3 is 2.32 bits per heavy atom. The number of carbonyl (C=O) groups is 3. The first-order chi connectivity index (χ1) is 13.2. The Hall–Kier alpha value is -2.67. The van der Waals surface area contributed by atoms with E-state index in [0.29, 0.717) is 16.1 Å². The van der Waals surface area contributed by atoms with Gasteiger partial charge in [0.15, 0.2) is 0 Å². The van der Waals surface area contributed by atoms with E-state index in [1.54, 1.807) is 12.1 Å². The number of anilines is 1. The largest absolute Gasteiger partial charge is 0.453 e. The molecule has 0 spiro atoms. The van der Waals surface area contributed by atoms with Gasteiger partial charge < -0.3 is 10.1 Å². The van der Waals surface area contributed by atoms with E-state index in [1.165, 1.54) is 18.4 Å². The summed E-state index contributed by atoms with van der Waals surface area (Å²) in [6.45, 7) is 6.34. The standard InChI is InChI=1S/C21H24N2O4S/c1-21(2,3)13-10-8-12(9-11-13)17(24)22-19-16(18(25)23-20(26)27-4)14-6-5-7-15(14)28-19/h8-11H,5-7H2,1-4H3,(H,22,24)(H,23,25,26). The Balaban J connectivity index is 1.85. The number of thiophene rings is 1. The fourth-order valence-electron chi connectivity index (χ4n) is 3.24. The number of hydrogen-bond donors (Lipinski definition) is 2. The molecule has 0 radical (unpaired) electrons. The van der Waals surface area contributed by atoms with E-state index in [-0.39, 0.29) is 11.3 Å². The predicted molar refractivity (Wildman–Crippen MR) is 109 cm³/mol. The van der Waals surface area contributed by atoms with Crippen LogP contribution >= 0.6 is 11.3 Å². The summed E-state index contributed by atoms with van der Waals surface area (Å²) >= 11 is 1.40. The Morgan fingerprint density at radius 2 is 1.71 bits per heavy atom. The number of carbonyl (C=O) groups excluding carboxylic acids is 3. The van der Waals surface area contributed by atoms with Gasteiger partial charge in [-0.3, -0.25) is 14.9 Å². The first kappa shape index (κ1) is 20.1. The lowest BCUT2D eigenvalue weighted by atomic mass is 9.87. The van der Waals surface area contributed by atoms with E-state index in [9.17, 15) is 14.4 Å². The van der Waals surface area contributed by atoms with Crippen LogP contribution in [-0.4, -0.2) is 25.0 Å². The summed E-state index contributed by atoms with van der Waals surface area (Å²) in [5, 5.41) is 5.52. The van der Waals surface area contributed by atoms with Crippen molar-refractivity contribution in [2.45, 2.75) is 45.4 Å². The fourth-order valence-corrected chi connectivity index (χ4v) is 4.52. The number of nitrogens with one attached hydrogen (secondary N) is 2. The minimum atomic E-state index is -0.821. The molecule has 1 aliphatic rings. The highest BCUT2D eigenvalue weighted by atomic mass is 32.1. The van der Waals surface area contributed by atoms with Crippen LogP contribution < -0.4 is 10.6 Å². The molecule has 1 aromatic carbocycles. The number of imide groups is 1. The molecule has 0 aliphatic heterocycles. The van der Waals surface area contributed by atoms with Crippen LogP contribution in [0.2, 0.25) is 0 Å². The molecule has 7 heteroatoms. The van der Waals surface area contributed by atoms with Crippen LogP contribution in [0.1, 0.15) is 63.9 Å². The molecule has 0 saturated carbocycles. The van der Waals surface area contributed by atoms with Crippen LogP contribution in [0.3, 0.4) is 0 Å². The monoisotopic (exact) mass is 400 g/mol. The van der Waals surface area contributed by atoms with Crippen molar-refractivity contribution in [3.8, 4) is 0 Å². The molecular formula is C21H24N2O4S. The van der Waals surface area contributed by atoms with Crippen LogP contribution in [-0.2, 0) is 23.0 Å². The van der Waals surface area contributed by atoms with Crippen molar-refractivity contribution in [1.29, 1.82) is 0 Å². The molecular weight excluding hydrogens is 376 g/mol. The second-order valence-corrected chi connectivity index (χ2v) is 8.89. The van der Waals surface area contributed by atoms with Gasteiger partial charge in [-0.2, -0.15) is 0 Å². The van der Waals surface area contributed by atoms with Crippen molar-refractivity contribution in [2.24, 2.45) is 0 Å². The summed E-state index contributed by atoms with van der Waals surface area (Å²) in [7, 11) is 1.20. The lowest BCUT2D eigenvalue weighted by Gasteiger charge is -2.19. The minimum Gasteiger partial charge on any atom is -0.453 e. The van der Waals surface area contributed by atoms with Gasteiger partial charge in [-0.05, 0) is 47.9 Å². The molecule has 1 aromatic heterocycles. The molecule has 2 aromatic rings. The summed E-state index contributed by atoms with van der Waals surface area (Å²) in [5.41, 5.74) is 2.92. The second kappa shape index (κ2) is 7.75. The van der Waals surface area contributed by atoms with E-state index >= 15 is 0 Å². The molecule has 0 saturated heterocycles. The van der Waals surface area contributed by atoms with Gasteiger partial charge in [0.05, 0.1) is 12.7 Å². The Bertz CT molecular complexity index is 923. The van der Waals surface area contributed by atoms with Gasteiger partial charge in [0, 0.05) is 10.4 Å². The lowest BCUT2D eigenvalue weighted by molar-refractivity contribution is 0.0937. The summed E-state index contributed by atoms with van der Waals surface area (Å²) < 4.78 is 4.51. The number of ether oxygens (including phenoxy) is 1. The smallest absolute Gasteiger partial charge is 0.413 e. The minimum absolute atomic E-state index is 0.00269. The highest BCUT2D eigenvalue weighted by Crippen LogP contribution is 2.39. The van der Waals surface area contributed by atoms with E-state index < -0.39 is 12.0 Å². The second-order valence-electron chi connectivity index (χ2n) is 7.79. The Kier molecular flexibility index (Phi) is 5.56. The zero-order valence-corrected chi connectivity index (χ0v) is 17.3. The number of hydrogen-bond acceptors (Lipinski definition) is 5. The lowest BCUT2D eigenvalue weighted by Crippen LogP contribution is -2.31. The van der Waals surface area contributed by atoms with Gasteiger partial charge in [-0.25, -0.2) is 4.79 Å². The highest BCUT2D eigenvalue weighted by molar-refractivity contribution is 7.17. The van der Waals surface area contributed by atoms with Crippen LogP contribution in [0, 0.1) is 0 Å². The zero-order chi connectivity index (χ0) is 20.5. The van der Waals surface area contributed by atoms with Crippen LogP contribution in [0.25, 0.3) is 0 Å². The van der Waals surface area contributed by atoms with Crippen molar-refractivity contribution in [1.82, 2.24) is 5.32 Å². The van der Waals surface area contributed by atoms with Gasteiger partial charge in [0.25, 0.3) is 11.8 Å². The van der Waals surface area contributed by atoms with Crippen LogP contribution in [0.4, 0.5) is 9.80 Å². The maximum absolute atomic E-state index is 12.7. The zero-order valence-electron chi connectivity index (χ0n) is 16.5. The van der Waals surface area contributed by atoms with Gasteiger partial charge in [-0.15, -0.1) is 11.3 Å². The first-order valence-electron chi connectivity index (χ1n) is 9.16. The molecule has 1 heterocycles. The van der Waals surface area contributed by atoms with Gasteiger partial charge in [0.1, 0.15) is 5.00 Å². The molecule has 0 atom stereocenters. The fraction of sp³-hybridized carbons (Fsp3) is 0.381. The average Bonchev–Trinajstić information content (AvgIpc) is 3.21. The Morgan fingerprint density at radius 1 is 1.04 bits per heavy atom. The van der Waals surface area contributed by atoms with Crippen LogP contribution in [0.5, 0.6) is 0 Å². The van der Waals surface area contributed by atoms with Crippen molar-refractivity contribution in [3.63, 3.8) is 0 Å². The van der Waals surface area contributed by atoms with Gasteiger partial charge in [-0.1, -0.05) is 32.9 Å². The van der Waals surface area contributed by atoms with Crippen molar-refractivity contribution in [3.05, 3.63) is 51.4 Å². The third kappa shape index (κ3) is 4.09. The molecule has 3 amide bonds. The maximum atomic E-state index is 12.7. The summed E-state index contributed by atoms with van der Waals surface area (Å²) in [4.78, 5) is 37.8. The number of methoxy groups -OCH3 is 1. The molecule has 6 nitrogen and oxygen atoms in total. The number of aryl methyl sites for hydroxylation is 1. The molecule has 28 heavy (non-hydrogen) atoms. The third-order valence-electron chi connectivity index (χ3n) is 4.79. The molecule has 3 rings (SSSR count). The number of amides is 3. The number of alkyl carbamates (subject to hydrolysis) is 1. The molecule has 0 fully saturated rings. The summed E-state index contributed by atoms with van der Waals surface area (Å²) in [6.07, 6.45) is 1.76. The molecule has 0 unspecified atom stereocenters. The van der Waals surface area contributed by atoms with Crippen molar-refractivity contribution >= 4 is 34.2 Å². The quantitative estimate of drug-likeness (QED) is 0.805. The molecule has 2 N–H and O–H groups in total. The predicted octanol–water partition coefficient (Wildman–Crippen LogP) is 4.28. The molecule has 0 bridgehead atoms. The third-order valence-corrected chi connectivity index (χ3v) is 6.00. The van der Waals surface area contributed by atoms with Gasteiger partial charge in [0.2, 0.25) is 0 Å². The van der Waals surface area contributed by atoms with E-state index in [4.69, 9.17) is 0 Å². The SMILES string of the molecule is COC(=O)NC(=O)c1c(NC(=O)c2ccc(C(C)(C)C)cc2)sc2c1CCC2. The normalized spacial score (nSPS) is 13.0. The average molecular weight is 401 g/mol. The topological polar surface area (TPSA) is 84.5 Å².